The van der Waals surface area contributed by atoms with Gasteiger partial charge < -0.3 is 5.32 Å². The number of hydrogen-bond donors (Lipinski definition) is 1. The number of allylic oxidation sites excluding steroid dienone is 1. The summed E-state index contributed by atoms with van der Waals surface area (Å²) in [7, 11) is 0. The van der Waals surface area contributed by atoms with E-state index in [0.29, 0.717) is 0 Å². The predicted octanol–water partition coefficient (Wildman–Crippen LogP) is 2.73. The summed E-state index contributed by atoms with van der Waals surface area (Å²) in [5.74, 6) is 0. The molecule has 0 aromatic heterocycles. The molecule has 66 valence electrons. The van der Waals surface area contributed by atoms with Crippen LogP contribution in [0.25, 0.3) is 0 Å². The second-order valence-electron chi connectivity index (χ2n) is 2.73. The van der Waals surface area contributed by atoms with Crippen LogP contribution in [0, 0.1) is 0 Å². The van der Waals surface area contributed by atoms with Gasteiger partial charge in [0.25, 0.3) is 0 Å². The van der Waals surface area contributed by atoms with Crippen LogP contribution in [0.1, 0.15) is 40.0 Å². The van der Waals surface area contributed by atoms with Crippen LogP contribution in [0.15, 0.2) is 11.6 Å². The number of rotatable bonds is 6. The van der Waals surface area contributed by atoms with Gasteiger partial charge >= 0.3 is 0 Å². The molecule has 0 fully saturated rings. The van der Waals surface area contributed by atoms with Crippen molar-refractivity contribution >= 4 is 0 Å². The van der Waals surface area contributed by atoms with Gasteiger partial charge in [0.2, 0.25) is 0 Å². The first-order valence-corrected chi connectivity index (χ1v) is 4.73. The largest absolute Gasteiger partial charge is 0.317 e. The van der Waals surface area contributed by atoms with Crippen LogP contribution in [0.5, 0.6) is 0 Å². The van der Waals surface area contributed by atoms with Crippen LogP contribution in [-0.2, 0) is 0 Å². The molecule has 0 aromatic rings. The molecule has 0 amide bonds. The SMILES string of the molecule is CC/C=C(\CC)CCNCC. The topological polar surface area (TPSA) is 12.0 Å². The maximum atomic E-state index is 3.33. The molecule has 0 saturated carbocycles. The molecule has 0 heterocycles. The van der Waals surface area contributed by atoms with E-state index in [1.54, 1.807) is 5.57 Å². The molecular weight excluding hydrogens is 134 g/mol. The molecule has 0 radical (unpaired) electrons. The van der Waals surface area contributed by atoms with Crippen LogP contribution in [-0.4, -0.2) is 13.1 Å². The van der Waals surface area contributed by atoms with Crippen molar-refractivity contribution < 1.29 is 0 Å². The minimum absolute atomic E-state index is 1.09. The minimum atomic E-state index is 1.09. The molecular formula is C10H21N. The third-order valence-electron chi connectivity index (χ3n) is 1.82. The summed E-state index contributed by atoms with van der Waals surface area (Å²) in [4.78, 5) is 0. The Hall–Kier alpha value is -0.300. The number of nitrogens with one attached hydrogen (secondary N) is 1. The van der Waals surface area contributed by atoms with Gasteiger partial charge in [0.15, 0.2) is 0 Å². The van der Waals surface area contributed by atoms with E-state index in [4.69, 9.17) is 0 Å². The molecule has 0 rings (SSSR count). The van der Waals surface area contributed by atoms with Crippen LogP contribution in [0.4, 0.5) is 0 Å². The highest BCUT2D eigenvalue weighted by Crippen LogP contribution is 2.05. The summed E-state index contributed by atoms with van der Waals surface area (Å²) in [5.41, 5.74) is 1.59. The third-order valence-corrected chi connectivity index (χ3v) is 1.82. The first-order chi connectivity index (χ1) is 5.35. The molecule has 0 bridgehead atoms. The molecule has 0 unspecified atom stereocenters. The molecule has 0 aliphatic heterocycles. The molecule has 11 heavy (non-hydrogen) atoms. The van der Waals surface area contributed by atoms with Crippen molar-refractivity contribution in [2.75, 3.05) is 13.1 Å². The van der Waals surface area contributed by atoms with Gasteiger partial charge in [-0.2, -0.15) is 0 Å². The summed E-state index contributed by atoms with van der Waals surface area (Å²) in [5, 5.41) is 3.33. The fraction of sp³-hybridized carbons (Fsp3) is 0.800. The van der Waals surface area contributed by atoms with Gasteiger partial charge in [0, 0.05) is 0 Å². The lowest BCUT2D eigenvalue weighted by atomic mass is 10.1. The highest BCUT2D eigenvalue weighted by Gasteiger charge is 1.91. The maximum absolute atomic E-state index is 3.33. The van der Waals surface area contributed by atoms with Gasteiger partial charge in [-0.15, -0.1) is 0 Å². The Labute approximate surface area is 70.9 Å². The lowest BCUT2D eigenvalue weighted by molar-refractivity contribution is 0.701. The van der Waals surface area contributed by atoms with E-state index in [0.717, 1.165) is 13.1 Å². The van der Waals surface area contributed by atoms with Crippen molar-refractivity contribution in [3.05, 3.63) is 11.6 Å². The molecule has 0 aliphatic carbocycles. The highest BCUT2D eigenvalue weighted by atomic mass is 14.8. The average Bonchev–Trinajstić information content (AvgIpc) is 2.03. The molecule has 0 atom stereocenters. The van der Waals surface area contributed by atoms with Gasteiger partial charge in [-0.1, -0.05) is 32.4 Å². The van der Waals surface area contributed by atoms with Crippen molar-refractivity contribution in [2.24, 2.45) is 0 Å². The van der Waals surface area contributed by atoms with E-state index in [-0.39, 0.29) is 0 Å². The molecule has 1 heteroatoms. The quantitative estimate of drug-likeness (QED) is 0.459. The Morgan fingerprint density at radius 2 is 2.00 bits per heavy atom. The van der Waals surface area contributed by atoms with Crippen LogP contribution < -0.4 is 5.32 Å². The summed E-state index contributed by atoms with van der Waals surface area (Å²) in [6.07, 6.45) is 5.95. The number of hydrogen-bond acceptors (Lipinski definition) is 1. The summed E-state index contributed by atoms with van der Waals surface area (Å²) < 4.78 is 0. The molecule has 1 N–H and O–H groups in total. The van der Waals surface area contributed by atoms with Crippen molar-refractivity contribution in [1.82, 2.24) is 5.32 Å². The molecule has 1 nitrogen and oxygen atoms in total. The lowest BCUT2D eigenvalue weighted by Gasteiger charge is -2.04. The normalized spacial score (nSPS) is 12.1. The van der Waals surface area contributed by atoms with Gasteiger partial charge in [-0.25, -0.2) is 0 Å². The minimum Gasteiger partial charge on any atom is -0.317 e. The Morgan fingerprint density at radius 3 is 2.45 bits per heavy atom. The van der Waals surface area contributed by atoms with Gasteiger partial charge in [0.05, 0.1) is 0 Å². The molecule has 0 spiro atoms. The van der Waals surface area contributed by atoms with Crippen LogP contribution in [0.2, 0.25) is 0 Å². The molecule has 0 aromatic carbocycles. The van der Waals surface area contributed by atoms with E-state index in [2.05, 4.69) is 32.2 Å². The lowest BCUT2D eigenvalue weighted by Crippen LogP contribution is -2.14. The molecule has 0 saturated heterocycles. The zero-order valence-electron chi connectivity index (χ0n) is 8.11. The van der Waals surface area contributed by atoms with E-state index in [1.165, 1.54) is 19.3 Å². The first kappa shape index (κ1) is 10.7. The zero-order chi connectivity index (χ0) is 8.53. The van der Waals surface area contributed by atoms with Crippen molar-refractivity contribution in [2.45, 2.75) is 40.0 Å². The van der Waals surface area contributed by atoms with Crippen LogP contribution >= 0.6 is 0 Å². The monoisotopic (exact) mass is 155 g/mol. The van der Waals surface area contributed by atoms with E-state index >= 15 is 0 Å². The van der Waals surface area contributed by atoms with E-state index in [9.17, 15) is 0 Å². The Kier molecular flexibility index (Phi) is 7.59. The summed E-state index contributed by atoms with van der Waals surface area (Å²) in [6.45, 7) is 8.80. The highest BCUT2D eigenvalue weighted by molar-refractivity contribution is 5.00. The fourth-order valence-corrected chi connectivity index (χ4v) is 1.14. The summed E-state index contributed by atoms with van der Waals surface area (Å²) in [6, 6.07) is 0. The van der Waals surface area contributed by atoms with Crippen molar-refractivity contribution in [3.8, 4) is 0 Å². The van der Waals surface area contributed by atoms with Crippen molar-refractivity contribution in [3.63, 3.8) is 0 Å². The van der Waals surface area contributed by atoms with Crippen molar-refractivity contribution in [1.29, 1.82) is 0 Å². The van der Waals surface area contributed by atoms with Gasteiger partial charge in [0.1, 0.15) is 0 Å². The van der Waals surface area contributed by atoms with E-state index < -0.39 is 0 Å². The second-order valence-corrected chi connectivity index (χ2v) is 2.73. The Balaban J connectivity index is 3.44. The standard InChI is InChI=1S/C10H21N/c1-4-7-10(5-2)8-9-11-6-3/h7,11H,4-6,8-9H2,1-3H3/b10-7+. The second kappa shape index (κ2) is 7.80. The fourth-order valence-electron chi connectivity index (χ4n) is 1.14. The summed E-state index contributed by atoms with van der Waals surface area (Å²) >= 11 is 0. The maximum Gasteiger partial charge on any atom is -0.00117 e. The smallest absolute Gasteiger partial charge is 0.00117 e. The molecule has 0 aliphatic rings. The Morgan fingerprint density at radius 1 is 1.27 bits per heavy atom. The average molecular weight is 155 g/mol. The van der Waals surface area contributed by atoms with E-state index in [1.807, 2.05) is 0 Å². The predicted molar refractivity (Wildman–Crippen MR) is 51.8 cm³/mol. The van der Waals surface area contributed by atoms with Gasteiger partial charge in [-0.3, -0.25) is 0 Å². The van der Waals surface area contributed by atoms with Crippen LogP contribution in [0.3, 0.4) is 0 Å². The third kappa shape index (κ3) is 6.11. The first-order valence-electron chi connectivity index (χ1n) is 4.73. The zero-order valence-corrected chi connectivity index (χ0v) is 8.11. The Bertz CT molecular complexity index is 105. The van der Waals surface area contributed by atoms with Gasteiger partial charge in [-0.05, 0) is 32.4 Å².